The standard InChI is InChI=1S/C20H27N5O3/c1-27-13-11-21-19(26)15-6-5-12-25(14-15)20-22-10-9-18(24-20)23-16-7-3-4-8-17(16)28-2/h3-4,7-10,15H,5-6,11-14H2,1-2H3,(H,21,26)(H,22,23,24). The predicted molar refractivity (Wildman–Crippen MR) is 108 cm³/mol. The number of nitrogens with one attached hydrogen (secondary N) is 2. The van der Waals surface area contributed by atoms with Gasteiger partial charge in [-0.1, -0.05) is 12.1 Å². The molecule has 1 saturated heterocycles. The largest absolute Gasteiger partial charge is 0.495 e. The van der Waals surface area contributed by atoms with Crippen LogP contribution in [-0.4, -0.2) is 56.3 Å². The fraction of sp³-hybridized carbons (Fsp3) is 0.450. The number of amides is 1. The van der Waals surface area contributed by atoms with Crippen LogP contribution in [0.2, 0.25) is 0 Å². The molecular weight excluding hydrogens is 358 g/mol. The molecule has 8 heteroatoms. The molecule has 0 aliphatic carbocycles. The van der Waals surface area contributed by atoms with E-state index in [4.69, 9.17) is 9.47 Å². The molecule has 1 unspecified atom stereocenters. The first kappa shape index (κ1) is 19.9. The number of para-hydroxylation sites is 2. The lowest BCUT2D eigenvalue weighted by Gasteiger charge is -2.32. The van der Waals surface area contributed by atoms with Gasteiger partial charge in [0.05, 0.1) is 25.3 Å². The van der Waals surface area contributed by atoms with Gasteiger partial charge in [0, 0.05) is 32.9 Å². The molecular formula is C20H27N5O3. The number of carbonyl (C=O) groups is 1. The second-order valence-corrected chi connectivity index (χ2v) is 6.64. The number of ether oxygens (including phenoxy) is 2. The highest BCUT2D eigenvalue weighted by molar-refractivity contribution is 5.79. The van der Waals surface area contributed by atoms with Crippen LogP contribution in [0.3, 0.4) is 0 Å². The smallest absolute Gasteiger partial charge is 0.227 e. The molecule has 1 fully saturated rings. The zero-order valence-electron chi connectivity index (χ0n) is 16.4. The first-order chi connectivity index (χ1) is 13.7. The molecule has 0 bridgehead atoms. The Morgan fingerprint density at radius 2 is 2.14 bits per heavy atom. The molecule has 8 nitrogen and oxygen atoms in total. The van der Waals surface area contributed by atoms with Crippen molar-refractivity contribution in [3.05, 3.63) is 36.5 Å². The molecule has 2 N–H and O–H groups in total. The molecule has 2 aromatic rings. The first-order valence-electron chi connectivity index (χ1n) is 9.46. The molecule has 28 heavy (non-hydrogen) atoms. The van der Waals surface area contributed by atoms with Crippen molar-refractivity contribution < 1.29 is 14.3 Å². The van der Waals surface area contributed by atoms with Crippen LogP contribution in [0.25, 0.3) is 0 Å². The number of nitrogens with zero attached hydrogens (tertiary/aromatic N) is 3. The topological polar surface area (TPSA) is 88.6 Å². The number of rotatable bonds is 8. The number of aromatic nitrogens is 2. The molecule has 1 aliphatic rings. The third-order valence-corrected chi connectivity index (χ3v) is 4.69. The number of benzene rings is 1. The Morgan fingerprint density at radius 3 is 2.96 bits per heavy atom. The van der Waals surface area contributed by atoms with Gasteiger partial charge in [-0.25, -0.2) is 4.98 Å². The van der Waals surface area contributed by atoms with Crippen molar-refractivity contribution in [2.24, 2.45) is 5.92 Å². The summed E-state index contributed by atoms with van der Waals surface area (Å²) in [4.78, 5) is 23.5. The zero-order chi connectivity index (χ0) is 19.8. The summed E-state index contributed by atoms with van der Waals surface area (Å²) in [7, 11) is 3.26. The summed E-state index contributed by atoms with van der Waals surface area (Å²) >= 11 is 0. The van der Waals surface area contributed by atoms with E-state index in [9.17, 15) is 4.79 Å². The number of anilines is 3. The maximum atomic E-state index is 12.4. The van der Waals surface area contributed by atoms with Crippen LogP contribution in [0.5, 0.6) is 5.75 Å². The fourth-order valence-electron chi connectivity index (χ4n) is 3.25. The first-order valence-corrected chi connectivity index (χ1v) is 9.46. The molecule has 3 rings (SSSR count). The van der Waals surface area contributed by atoms with Crippen molar-refractivity contribution in [2.75, 3.05) is 50.7 Å². The lowest BCUT2D eigenvalue weighted by atomic mass is 9.97. The minimum Gasteiger partial charge on any atom is -0.495 e. The normalized spacial score (nSPS) is 16.5. The van der Waals surface area contributed by atoms with E-state index in [-0.39, 0.29) is 11.8 Å². The van der Waals surface area contributed by atoms with E-state index in [2.05, 4.69) is 25.5 Å². The summed E-state index contributed by atoms with van der Waals surface area (Å²) < 4.78 is 10.4. The van der Waals surface area contributed by atoms with E-state index in [0.29, 0.717) is 31.5 Å². The van der Waals surface area contributed by atoms with Crippen molar-refractivity contribution in [2.45, 2.75) is 12.8 Å². The van der Waals surface area contributed by atoms with E-state index < -0.39 is 0 Å². The zero-order valence-corrected chi connectivity index (χ0v) is 16.4. The molecule has 1 amide bonds. The minimum atomic E-state index is -0.0694. The van der Waals surface area contributed by atoms with Gasteiger partial charge in [0.1, 0.15) is 11.6 Å². The SMILES string of the molecule is COCCNC(=O)C1CCCN(c2nccc(Nc3ccccc3OC)n2)C1. The third-order valence-electron chi connectivity index (χ3n) is 4.69. The second kappa shape index (κ2) is 9.89. The quantitative estimate of drug-likeness (QED) is 0.674. The summed E-state index contributed by atoms with van der Waals surface area (Å²) in [6.07, 6.45) is 3.52. The van der Waals surface area contributed by atoms with Crippen molar-refractivity contribution >= 4 is 23.4 Å². The second-order valence-electron chi connectivity index (χ2n) is 6.64. The van der Waals surface area contributed by atoms with Crippen LogP contribution in [-0.2, 0) is 9.53 Å². The van der Waals surface area contributed by atoms with Crippen molar-refractivity contribution in [1.82, 2.24) is 15.3 Å². The summed E-state index contributed by atoms with van der Waals surface area (Å²) in [5.41, 5.74) is 0.837. The predicted octanol–water partition coefficient (Wildman–Crippen LogP) is 2.21. The average molecular weight is 385 g/mol. The molecule has 0 saturated carbocycles. The molecule has 1 aromatic carbocycles. The highest BCUT2D eigenvalue weighted by atomic mass is 16.5. The monoisotopic (exact) mass is 385 g/mol. The molecule has 0 radical (unpaired) electrons. The Bertz CT molecular complexity index is 786. The highest BCUT2D eigenvalue weighted by Crippen LogP contribution is 2.27. The number of hydrogen-bond donors (Lipinski definition) is 2. The molecule has 2 heterocycles. The van der Waals surface area contributed by atoms with Crippen LogP contribution >= 0.6 is 0 Å². The van der Waals surface area contributed by atoms with Crippen molar-refractivity contribution in [1.29, 1.82) is 0 Å². The van der Waals surface area contributed by atoms with E-state index in [1.807, 2.05) is 30.3 Å². The van der Waals surface area contributed by atoms with Crippen LogP contribution in [0, 0.1) is 5.92 Å². The van der Waals surface area contributed by atoms with E-state index in [1.54, 1.807) is 20.4 Å². The Balaban J connectivity index is 1.66. The van der Waals surface area contributed by atoms with Crippen molar-refractivity contribution in [3.63, 3.8) is 0 Å². The van der Waals surface area contributed by atoms with Gasteiger partial charge in [-0.15, -0.1) is 0 Å². The number of methoxy groups -OCH3 is 2. The maximum absolute atomic E-state index is 12.4. The number of carbonyl (C=O) groups excluding carboxylic acids is 1. The van der Waals surface area contributed by atoms with Gasteiger partial charge >= 0.3 is 0 Å². The Morgan fingerprint density at radius 1 is 1.29 bits per heavy atom. The van der Waals surface area contributed by atoms with E-state index in [1.165, 1.54) is 0 Å². The third kappa shape index (κ3) is 5.10. The number of piperidine rings is 1. The average Bonchev–Trinajstić information content (AvgIpc) is 2.74. The number of hydrogen-bond acceptors (Lipinski definition) is 7. The maximum Gasteiger partial charge on any atom is 0.227 e. The molecule has 1 atom stereocenters. The van der Waals surface area contributed by atoms with E-state index in [0.717, 1.165) is 30.8 Å². The highest BCUT2D eigenvalue weighted by Gasteiger charge is 2.27. The Labute approximate surface area is 165 Å². The van der Waals surface area contributed by atoms with Gasteiger partial charge < -0.3 is 25.0 Å². The van der Waals surface area contributed by atoms with Crippen LogP contribution in [0.4, 0.5) is 17.5 Å². The lowest BCUT2D eigenvalue weighted by molar-refractivity contribution is -0.125. The summed E-state index contributed by atoms with van der Waals surface area (Å²) in [6, 6.07) is 9.49. The summed E-state index contributed by atoms with van der Waals surface area (Å²) in [5.74, 6) is 2.04. The molecule has 1 aliphatic heterocycles. The summed E-state index contributed by atoms with van der Waals surface area (Å²) in [6.45, 7) is 2.49. The fourth-order valence-corrected chi connectivity index (χ4v) is 3.25. The molecule has 1 aromatic heterocycles. The van der Waals surface area contributed by atoms with Gasteiger partial charge in [-0.05, 0) is 31.0 Å². The minimum absolute atomic E-state index is 0.0602. The van der Waals surface area contributed by atoms with Gasteiger partial charge in [0.2, 0.25) is 11.9 Å². The van der Waals surface area contributed by atoms with Crippen LogP contribution in [0.1, 0.15) is 12.8 Å². The van der Waals surface area contributed by atoms with Gasteiger partial charge in [-0.2, -0.15) is 4.98 Å². The van der Waals surface area contributed by atoms with Crippen LogP contribution in [0.15, 0.2) is 36.5 Å². The van der Waals surface area contributed by atoms with Crippen LogP contribution < -0.4 is 20.3 Å². The Kier molecular flexibility index (Phi) is 7.02. The van der Waals surface area contributed by atoms with E-state index >= 15 is 0 Å². The molecule has 150 valence electrons. The van der Waals surface area contributed by atoms with Gasteiger partial charge in [0.15, 0.2) is 0 Å². The van der Waals surface area contributed by atoms with Crippen molar-refractivity contribution in [3.8, 4) is 5.75 Å². The molecule has 0 spiro atoms. The lowest BCUT2D eigenvalue weighted by Crippen LogP contribution is -2.44. The van der Waals surface area contributed by atoms with Gasteiger partial charge in [-0.3, -0.25) is 4.79 Å². The summed E-state index contributed by atoms with van der Waals surface area (Å²) in [5, 5.41) is 6.20. The Hall–Kier alpha value is -2.87. The van der Waals surface area contributed by atoms with Gasteiger partial charge in [0.25, 0.3) is 0 Å².